The van der Waals surface area contributed by atoms with Gasteiger partial charge in [0.1, 0.15) is 0 Å². The maximum atomic E-state index is 9.79. The van der Waals surface area contributed by atoms with Gasteiger partial charge < -0.3 is 10.0 Å². The van der Waals surface area contributed by atoms with Crippen LogP contribution in [0.1, 0.15) is 43.3 Å². The van der Waals surface area contributed by atoms with Gasteiger partial charge in [-0.3, -0.25) is 0 Å². The van der Waals surface area contributed by atoms with Gasteiger partial charge in [0.05, 0.1) is 16.3 Å². The number of likely N-dealkylation sites (tertiary alicyclic amines) is 1. The number of rotatable bonds is 3. The smallest absolute Gasteiger partial charge is 0.0956 e. The molecule has 1 N–H and O–H groups in total. The SMILES string of the molecule is CN1CCCC(c2csc(CC(C)(C)O)n2)C1. The Morgan fingerprint density at radius 3 is 3.00 bits per heavy atom. The van der Waals surface area contributed by atoms with Gasteiger partial charge in [0, 0.05) is 24.3 Å². The van der Waals surface area contributed by atoms with Crippen molar-refractivity contribution in [2.24, 2.45) is 0 Å². The monoisotopic (exact) mass is 254 g/mol. The fourth-order valence-electron chi connectivity index (χ4n) is 2.37. The predicted molar refractivity (Wildman–Crippen MR) is 71.6 cm³/mol. The van der Waals surface area contributed by atoms with E-state index in [4.69, 9.17) is 0 Å². The van der Waals surface area contributed by atoms with Crippen molar-refractivity contribution in [3.8, 4) is 0 Å². The zero-order valence-electron chi connectivity index (χ0n) is 10.9. The molecule has 17 heavy (non-hydrogen) atoms. The predicted octanol–water partition coefficient (Wildman–Crippen LogP) is 2.27. The maximum Gasteiger partial charge on any atom is 0.0956 e. The lowest BCUT2D eigenvalue weighted by molar-refractivity contribution is 0.0808. The molecule has 1 fully saturated rings. The Morgan fingerprint density at radius 2 is 2.35 bits per heavy atom. The van der Waals surface area contributed by atoms with Gasteiger partial charge in [-0.1, -0.05) is 0 Å². The van der Waals surface area contributed by atoms with E-state index in [0.29, 0.717) is 12.3 Å². The summed E-state index contributed by atoms with van der Waals surface area (Å²) in [4.78, 5) is 7.06. The minimum absolute atomic E-state index is 0.584. The van der Waals surface area contributed by atoms with Crippen molar-refractivity contribution in [3.63, 3.8) is 0 Å². The molecule has 1 atom stereocenters. The van der Waals surface area contributed by atoms with Crippen LogP contribution in [0.5, 0.6) is 0 Å². The third-order valence-corrected chi connectivity index (χ3v) is 4.06. The molecule has 0 radical (unpaired) electrons. The summed E-state index contributed by atoms with van der Waals surface area (Å²) in [5, 5.41) is 13.0. The number of aliphatic hydroxyl groups is 1. The number of hydrogen-bond donors (Lipinski definition) is 1. The average Bonchev–Trinajstić information content (AvgIpc) is 2.63. The molecule has 1 aliphatic rings. The Labute approximate surface area is 107 Å². The van der Waals surface area contributed by atoms with Crippen molar-refractivity contribution in [1.82, 2.24) is 9.88 Å². The van der Waals surface area contributed by atoms with Crippen LogP contribution in [0.2, 0.25) is 0 Å². The molecule has 2 heterocycles. The topological polar surface area (TPSA) is 36.4 Å². The lowest BCUT2D eigenvalue weighted by atomic mass is 9.96. The summed E-state index contributed by atoms with van der Waals surface area (Å²) in [6, 6.07) is 0. The quantitative estimate of drug-likeness (QED) is 0.899. The fraction of sp³-hybridized carbons (Fsp3) is 0.769. The number of hydrogen-bond acceptors (Lipinski definition) is 4. The van der Waals surface area contributed by atoms with Gasteiger partial charge in [-0.2, -0.15) is 0 Å². The summed E-state index contributed by atoms with van der Waals surface area (Å²) in [5.41, 5.74) is 0.569. The van der Waals surface area contributed by atoms with Crippen molar-refractivity contribution in [3.05, 3.63) is 16.1 Å². The number of piperidine rings is 1. The summed E-state index contributed by atoms with van der Waals surface area (Å²) < 4.78 is 0. The molecule has 96 valence electrons. The second-order valence-corrected chi connectivity index (χ2v) is 6.70. The molecule has 0 aromatic carbocycles. The van der Waals surface area contributed by atoms with E-state index < -0.39 is 5.60 Å². The van der Waals surface area contributed by atoms with Gasteiger partial charge in [-0.25, -0.2) is 4.98 Å². The Morgan fingerprint density at radius 1 is 1.59 bits per heavy atom. The second kappa shape index (κ2) is 5.04. The third-order valence-electron chi connectivity index (χ3n) is 3.20. The molecule has 1 unspecified atom stereocenters. The molecular formula is C13H22N2OS. The van der Waals surface area contributed by atoms with Crippen LogP contribution in [-0.2, 0) is 6.42 Å². The van der Waals surface area contributed by atoms with Crippen LogP contribution in [0.4, 0.5) is 0 Å². The molecule has 0 spiro atoms. The fourth-order valence-corrected chi connectivity index (χ4v) is 3.47. The van der Waals surface area contributed by atoms with E-state index in [-0.39, 0.29) is 0 Å². The van der Waals surface area contributed by atoms with Gasteiger partial charge in [-0.15, -0.1) is 11.3 Å². The van der Waals surface area contributed by atoms with Crippen LogP contribution in [-0.4, -0.2) is 40.7 Å². The Kier molecular flexibility index (Phi) is 3.85. The normalized spacial score (nSPS) is 22.9. The van der Waals surface area contributed by atoms with Gasteiger partial charge >= 0.3 is 0 Å². The summed E-state index contributed by atoms with van der Waals surface area (Å²) >= 11 is 1.68. The number of nitrogens with zero attached hydrogens (tertiary/aromatic N) is 2. The average molecular weight is 254 g/mol. The minimum Gasteiger partial charge on any atom is -0.390 e. The van der Waals surface area contributed by atoms with Crippen LogP contribution in [0.15, 0.2) is 5.38 Å². The van der Waals surface area contributed by atoms with Gasteiger partial charge in [-0.05, 0) is 40.3 Å². The van der Waals surface area contributed by atoms with E-state index in [1.54, 1.807) is 11.3 Å². The number of likely N-dealkylation sites (N-methyl/N-ethyl adjacent to an activating group) is 1. The van der Waals surface area contributed by atoms with Crippen molar-refractivity contribution in [2.45, 2.75) is 44.6 Å². The summed E-state index contributed by atoms with van der Waals surface area (Å²) in [6.45, 7) is 5.99. The lowest BCUT2D eigenvalue weighted by Gasteiger charge is -2.28. The number of thiazole rings is 1. The Bertz CT molecular complexity index is 370. The highest BCUT2D eigenvalue weighted by Crippen LogP contribution is 2.28. The van der Waals surface area contributed by atoms with E-state index in [0.717, 1.165) is 11.6 Å². The molecule has 1 aliphatic heterocycles. The molecule has 4 heteroatoms. The van der Waals surface area contributed by atoms with Gasteiger partial charge in [0.15, 0.2) is 0 Å². The molecule has 0 aliphatic carbocycles. The van der Waals surface area contributed by atoms with E-state index in [1.807, 2.05) is 13.8 Å². The molecule has 2 rings (SSSR count). The van der Waals surface area contributed by atoms with Crippen molar-refractivity contribution in [1.29, 1.82) is 0 Å². The molecule has 0 bridgehead atoms. The van der Waals surface area contributed by atoms with Crippen molar-refractivity contribution >= 4 is 11.3 Å². The third kappa shape index (κ3) is 3.76. The highest BCUT2D eigenvalue weighted by molar-refractivity contribution is 7.09. The second-order valence-electron chi connectivity index (χ2n) is 5.76. The lowest BCUT2D eigenvalue weighted by Crippen LogP contribution is -2.31. The zero-order chi connectivity index (χ0) is 12.5. The van der Waals surface area contributed by atoms with E-state index in [2.05, 4.69) is 22.3 Å². The van der Waals surface area contributed by atoms with Gasteiger partial charge in [0.25, 0.3) is 0 Å². The molecule has 0 amide bonds. The Balaban J connectivity index is 2.02. The zero-order valence-corrected chi connectivity index (χ0v) is 11.8. The van der Waals surface area contributed by atoms with Crippen LogP contribution < -0.4 is 0 Å². The molecule has 1 saturated heterocycles. The van der Waals surface area contributed by atoms with Crippen molar-refractivity contribution in [2.75, 3.05) is 20.1 Å². The Hall–Kier alpha value is -0.450. The summed E-state index contributed by atoms with van der Waals surface area (Å²) in [7, 11) is 2.18. The largest absolute Gasteiger partial charge is 0.390 e. The highest BCUT2D eigenvalue weighted by Gasteiger charge is 2.22. The van der Waals surface area contributed by atoms with Crippen LogP contribution >= 0.6 is 11.3 Å². The molecule has 1 aromatic rings. The van der Waals surface area contributed by atoms with Crippen LogP contribution in [0.25, 0.3) is 0 Å². The van der Waals surface area contributed by atoms with Crippen LogP contribution in [0.3, 0.4) is 0 Å². The first-order valence-electron chi connectivity index (χ1n) is 6.29. The summed E-state index contributed by atoms with van der Waals surface area (Å²) in [6.07, 6.45) is 3.16. The first-order chi connectivity index (χ1) is 7.94. The standard InChI is InChI=1S/C13H22N2OS/c1-13(2,16)7-12-14-11(9-17-12)10-5-4-6-15(3)8-10/h9-10,16H,4-8H2,1-3H3. The van der Waals surface area contributed by atoms with E-state index in [1.165, 1.54) is 25.1 Å². The number of aromatic nitrogens is 1. The van der Waals surface area contributed by atoms with Crippen LogP contribution in [0, 0.1) is 0 Å². The molecular weight excluding hydrogens is 232 g/mol. The maximum absolute atomic E-state index is 9.79. The summed E-state index contributed by atoms with van der Waals surface area (Å²) in [5.74, 6) is 0.584. The van der Waals surface area contributed by atoms with Gasteiger partial charge in [0.2, 0.25) is 0 Å². The minimum atomic E-state index is -0.654. The molecule has 1 aromatic heterocycles. The first-order valence-corrected chi connectivity index (χ1v) is 7.17. The first kappa shape index (κ1) is 13.0. The van der Waals surface area contributed by atoms with E-state index in [9.17, 15) is 5.11 Å². The van der Waals surface area contributed by atoms with Crippen molar-refractivity contribution < 1.29 is 5.11 Å². The van der Waals surface area contributed by atoms with E-state index >= 15 is 0 Å². The molecule has 3 nitrogen and oxygen atoms in total. The molecule has 0 saturated carbocycles. The highest BCUT2D eigenvalue weighted by atomic mass is 32.1.